The van der Waals surface area contributed by atoms with Crippen molar-refractivity contribution in [2.24, 2.45) is 5.41 Å². The van der Waals surface area contributed by atoms with Gasteiger partial charge in [-0.1, -0.05) is 32.4 Å². The Labute approximate surface area is 104 Å². The number of nitrogens with one attached hydrogen (secondary N) is 1. The highest BCUT2D eigenvalue weighted by Gasteiger charge is 2.33. The van der Waals surface area contributed by atoms with Crippen molar-refractivity contribution in [3.05, 3.63) is 35.4 Å². The predicted molar refractivity (Wildman–Crippen MR) is 69.4 cm³/mol. The van der Waals surface area contributed by atoms with Crippen molar-refractivity contribution in [1.29, 1.82) is 5.26 Å². The van der Waals surface area contributed by atoms with Crippen molar-refractivity contribution in [3.63, 3.8) is 0 Å². The van der Waals surface area contributed by atoms with E-state index in [-0.39, 0.29) is 0 Å². The molecule has 1 saturated carbocycles. The van der Waals surface area contributed by atoms with E-state index in [1.165, 1.54) is 24.8 Å². The van der Waals surface area contributed by atoms with Gasteiger partial charge in [-0.3, -0.25) is 0 Å². The maximum atomic E-state index is 8.85. The Morgan fingerprint density at radius 2 is 2.29 bits per heavy atom. The summed E-state index contributed by atoms with van der Waals surface area (Å²) in [6.07, 6.45) is 3.90. The second kappa shape index (κ2) is 4.89. The van der Waals surface area contributed by atoms with E-state index in [0.29, 0.717) is 11.5 Å². The molecule has 90 valence electrons. The molecule has 2 heteroatoms. The molecule has 1 aromatic carbocycles. The first-order valence-corrected chi connectivity index (χ1v) is 6.34. The van der Waals surface area contributed by atoms with Gasteiger partial charge in [0.05, 0.1) is 11.6 Å². The minimum absolute atomic E-state index is 0.410. The smallest absolute Gasteiger partial charge is 0.0991 e. The Hall–Kier alpha value is -1.33. The minimum Gasteiger partial charge on any atom is -0.309 e. The maximum absolute atomic E-state index is 8.85. The van der Waals surface area contributed by atoms with Gasteiger partial charge in [0.15, 0.2) is 0 Å². The van der Waals surface area contributed by atoms with E-state index in [0.717, 1.165) is 12.1 Å². The Balaban J connectivity index is 1.96. The molecule has 0 saturated heterocycles. The average Bonchev–Trinajstić information content (AvgIpc) is 2.66. The molecule has 0 bridgehead atoms. The van der Waals surface area contributed by atoms with Gasteiger partial charge in [0.2, 0.25) is 0 Å². The lowest BCUT2D eigenvalue weighted by molar-refractivity contribution is 0.282. The lowest BCUT2D eigenvalue weighted by Crippen LogP contribution is -2.37. The lowest BCUT2D eigenvalue weighted by Gasteiger charge is -2.28. The normalized spacial score (nSPS) is 22.3. The van der Waals surface area contributed by atoms with Crippen LogP contribution < -0.4 is 5.32 Å². The summed E-state index contributed by atoms with van der Waals surface area (Å²) in [5.41, 5.74) is 2.36. The van der Waals surface area contributed by atoms with E-state index in [1.807, 2.05) is 18.2 Å². The molecule has 17 heavy (non-hydrogen) atoms. The van der Waals surface area contributed by atoms with Crippen molar-refractivity contribution in [1.82, 2.24) is 5.32 Å². The van der Waals surface area contributed by atoms with Crippen LogP contribution in [0.15, 0.2) is 24.3 Å². The highest BCUT2D eigenvalue weighted by atomic mass is 14.9. The molecule has 2 nitrogen and oxygen atoms in total. The summed E-state index contributed by atoms with van der Waals surface area (Å²) in [6.45, 7) is 5.54. The Bertz CT molecular complexity index is 429. The Kier molecular flexibility index (Phi) is 3.49. The fraction of sp³-hybridized carbons (Fsp3) is 0.533. The first kappa shape index (κ1) is 12.1. The fourth-order valence-electron chi connectivity index (χ4n) is 2.70. The fourth-order valence-corrected chi connectivity index (χ4v) is 2.70. The van der Waals surface area contributed by atoms with E-state index < -0.39 is 0 Å². The van der Waals surface area contributed by atoms with Crippen LogP contribution in [0.25, 0.3) is 0 Å². The largest absolute Gasteiger partial charge is 0.309 e. The molecule has 0 amide bonds. The van der Waals surface area contributed by atoms with E-state index >= 15 is 0 Å². The average molecular weight is 228 g/mol. The van der Waals surface area contributed by atoms with Crippen LogP contribution in [-0.2, 0) is 6.54 Å². The highest BCUT2D eigenvalue weighted by Crippen LogP contribution is 2.37. The summed E-state index contributed by atoms with van der Waals surface area (Å²) in [7, 11) is 0. The summed E-state index contributed by atoms with van der Waals surface area (Å²) in [5.74, 6) is 0. The number of hydrogen-bond acceptors (Lipinski definition) is 2. The second-order valence-electron chi connectivity index (χ2n) is 5.63. The summed E-state index contributed by atoms with van der Waals surface area (Å²) in [4.78, 5) is 0. The molecule has 1 atom stereocenters. The van der Waals surface area contributed by atoms with Crippen molar-refractivity contribution in [3.8, 4) is 6.07 Å². The van der Waals surface area contributed by atoms with Crippen LogP contribution in [0, 0.1) is 16.7 Å². The van der Waals surface area contributed by atoms with Gasteiger partial charge in [-0.25, -0.2) is 0 Å². The maximum Gasteiger partial charge on any atom is 0.0991 e. The zero-order valence-corrected chi connectivity index (χ0v) is 10.7. The zero-order chi connectivity index (χ0) is 12.3. The second-order valence-corrected chi connectivity index (χ2v) is 5.63. The molecule has 0 aromatic heterocycles. The van der Waals surface area contributed by atoms with Gasteiger partial charge >= 0.3 is 0 Å². The molecule has 2 rings (SSSR count). The SMILES string of the molecule is CC1(C)CCCC1NCc1cccc(C#N)c1. The third-order valence-corrected chi connectivity index (χ3v) is 3.87. The number of benzene rings is 1. The molecule has 1 aliphatic rings. The van der Waals surface area contributed by atoms with E-state index in [2.05, 4.69) is 31.3 Å². The van der Waals surface area contributed by atoms with Crippen LogP contribution in [0.4, 0.5) is 0 Å². The molecule has 1 aliphatic carbocycles. The number of nitriles is 1. The van der Waals surface area contributed by atoms with Crippen molar-refractivity contribution < 1.29 is 0 Å². The van der Waals surface area contributed by atoms with Gasteiger partial charge in [-0.05, 0) is 36.0 Å². The van der Waals surface area contributed by atoms with Crippen LogP contribution in [0.1, 0.15) is 44.2 Å². The molecule has 0 spiro atoms. The van der Waals surface area contributed by atoms with E-state index in [1.54, 1.807) is 0 Å². The first-order chi connectivity index (χ1) is 8.12. The Morgan fingerprint density at radius 1 is 1.47 bits per heavy atom. The van der Waals surface area contributed by atoms with Gasteiger partial charge in [0.1, 0.15) is 0 Å². The zero-order valence-electron chi connectivity index (χ0n) is 10.7. The molecule has 1 aromatic rings. The highest BCUT2D eigenvalue weighted by molar-refractivity contribution is 5.32. The topological polar surface area (TPSA) is 35.8 Å². The van der Waals surface area contributed by atoms with Crippen molar-refractivity contribution in [2.75, 3.05) is 0 Å². The third-order valence-electron chi connectivity index (χ3n) is 3.87. The summed E-state index contributed by atoms with van der Waals surface area (Å²) >= 11 is 0. The van der Waals surface area contributed by atoms with E-state index in [4.69, 9.17) is 5.26 Å². The van der Waals surface area contributed by atoms with Gasteiger partial charge in [-0.15, -0.1) is 0 Å². The van der Waals surface area contributed by atoms with Crippen LogP contribution in [0.3, 0.4) is 0 Å². The van der Waals surface area contributed by atoms with Gasteiger partial charge < -0.3 is 5.32 Å². The Morgan fingerprint density at radius 3 is 2.94 bits per heavy atom. The standard InChI is InChI=1S/C15H20N2/c1-15(2)8-4-7-14(15)17-11-13-6-3-5-12(9-13)10-16/h3,5-6,9,14,17H,4,7-8,11H2,1-2H3. The molecule has 1 fully saturated rings. The summed E-state index contributed by atoms with van der Waals surface area (Å²) < 4.78 is 0. The number of nitrogens with zero attached hydrogens (tertiary/aromatic N) is 1. The van der Waals surface area contributed by atoms with E-state index in [9.17, 15) is 0 Å². The molecular formula is C15H20N2. The van der Waals surface area contributed by atoms with Gasteiger partial charge in [-0.2, -0.15) is 5.26 Å². The van der Waals surface area contributed by atoms with Crippen LogP contribution in [0.5, 0.6) is 0 Å². The number of hydrogen-bond donors (Lipinski definition) is 1. The quantitative estimate of drug-likeness (QED) is 0.862. The van der Waals surface area contributed by atoms with Gasteiger partial charge in [0, 0.05) is 12.6 Å². The molecular weight excluding hydrogens is 208 g/mol. The first-order valence-electron chi connectivity index (χ1n) is 6.34. The molecule has 1 N–H and O–H groups in total. The van der Waals surface area contributed by atoms with Crippen LogP contribution in [0.2, 0.25) is 0 Å². The monoisotopic (exact) mass is 228 g/mol. The lowest BCUT2D eigenvalue weighted by atomic mass is 9.87. The van der Waals surface area contributed by atoms with Crippen molar-refractivity contribution in [2.45, 2.75) is 45.7 Å². The summed E-state index contributed by atoms with van der Waals surface area (Å²) in [5, 5.41) is 12.5. The molecule has 0 radical (unpaired) electrons. The molecule has 0 heterocycles. The van der Waals surface area contributed by atoms with Crippen LogP contribution in [-0.4, -0.2) is 6.04 Å². The minimum atomic E-state index is 0.410. The van der Waals surface area contributed by atoms with Gasteiger partial charge in [0.25, 0.3) is 0 Å². The number of rotatable bonds is 3. The summed E-state index contributed by atoms with van der Waals surface area (Å²) in [6, 6.07) is 10.6. The van der Waals surface area contributed by atoms with Crippen molar-refractivity contribution >= 4 is 0 Å². The third kappa shape index (κ3) is 2.87. The van der Waals surface area contributed by atoms with Crippen LogP contribution >= 0.6 is 0 Å². The molecule has 0 aliphatic heterocycles. The molecule has 1 unspecified atom stereocenters. The predicted octanol–water partition coefficient (Wildman–Crippen LogP) is 3.23.